The molecule has 1 unspecified atom stereocenters. The van der Waals surface area contributed by atoms with Crippen molar-refractivity contribution in [1.29, 1.82) is 0 Å². The average Bonchev–Trinajstić information content (AvgIpc) is 3.59. The normalized spacial score (nSPS) is 17.5. The maximum absolute atomic E-state index is 14.1. The number of nitrogens with two attached hydrogens (primary N) is 1. The summed E-state index contributed by atoms with van der Waals surface area (Å²) < 4.78 is 6.08. The molecule has 7 rings (SSSR count). The minimum absolute atomic E-state index is 0.0786. The Kier molecular flexibility index (Phi) is 9.11. The third kappa shape index (κ3) is 6.10. The lowest BCUT2D eigenvalue weighted by Gasteiger charge is -2.49. The molecule has 5 aromatic rings. The monoisotopic (exact) mass is 704 g/mol. The van der Waals surface area contributed by atoms with Crippen molar-refractivity contribution in [3.05, 3.63) is 155 Å². The summed E-state index contributed by atoms with van der Waals surface area (Å²) in [5.74, 6) is -2.28. The summed E-state index contributed by atoms with van der Waals surface area (Å²) in [6, 6.07) is 33.0. The van der Waals surface area contributed by atoms with E-state index in [0.29, 0.717) is 17.9 Å². The number of nitrogens with one attached hydrogen (secondary N) is 1. The molecule has 0 aliphatic carbocycles. The number of fused-ring (bicyclic) bond motifs is 1. The molecule has 3 aromatic carbocycles. The summed E-state index contributed by atoms with van der Waals surface area (Å²) in [7, 11) is 0. The minimum atomic E-state index is -1.31. The number of amides is 2. The minimum Gasteiger partial charge on any atom is -0.477 e. The summed E-state index contributed by atoms with van der Waals surface area (Å²) >= 11 is 2.25. The van der Waals surface area contributed by atoms with Crippen molar-refractivity contribution >= 4 is 51.9 Å². The highest BCUT2D eigenvalue weighted by atomic mass is 32.2. The van der Waals surface area contributed by atoms with E-state index in [2.05, 4.69) is 19.8 Å². The number of carbonyl (C=O) groups excluding carboxylic acids is 2. The number of aliphatic carboxylic acids is 1. The molecule has 14 heteroatoms. The van der Waals surface area contributed by atoms with Gasteiger partial charge in [-0.25, -0.2) is 9.36 Å². The van der Waals surface area contributed by atoms with Crippen LogP contribution in [0.4, 0.5) is 5.13 Å². The van der Waals surface area contributed by atoms with Crippen molar-refractivity contribution in [3.63, 3.8) is 0 Å². The van der Waals surface area contributed by atoms with Crippen LogP contribution in [0.5, 0.6) is 0 Å². The molecular weight excluding hydrogens is 675 g/mol. The van der Waals surface area contributed by atoms with E-state index in [1.807, 2.05) is 126 Å². The molecule has 2 aliphatic heterocycles. The number of anilines is 1. The molecule has 2 atom stereocenters. The number of thioether (sulfide) groups is 1. The summed E-state index contributed by atoms with van der Waals surface area (Å²) in [4.78, 5) is 52.0. The Labute approximate surface area is 295 Å². The summed E-state index contributed by atoms with van der Waals surface area (Å²) in [5.41, 5.74) is 7.05. The summed E-state index contributed by atoms with van der Waals surface area (Å²) in [6.45, 7) is 0.306. The van der Waals surface area contributed by atoms with Gasteiger partial charge in [-0.2, -0.15) is 9.36 Å². The number of carbonyl (C=O) groups is 3. The van der Waals surface area contributed by atoms with Crippen LogP contribution in [0.2, 0.25) is 0 Å². The van der Waals surface area contributed by atoms with Gasteiger partial charge in [0.25, 0.3) is 11.8 Å². The van der Waals surface area contributed by atoms with Crippen LogP contribution in [0.15, 0.2) is 138 Å². The van der Waals surface area contributed by atoms with Gasteiger partial charge >= 0.3 is 5.97 Å². The van der Waals surface area contributed by atoms with E-state index >= 15 is 0 Å². The van der Waals surface area contributed by atoms with Crippen LogP contribution in [-0.4, -0.2) is 60.0 Å². The van der Waals surface area contributed by atoms with Gasteiger partial charge in [-0.3, -0.25) is 14.5 Å². The van der Waals surface area contributed by atoms with Crippen LogP contribution in [0.3, 0.4) is 0 Å². The molecule has 250 valence electrons. The van der Waals surface area contributed by atoms with Crippen molar-refractivity contribution < 1.29 is 28.9 Å². The van der Waals surface area contributed by atoms with Crippen LogP contribution < -0.4 is 15.6 Å². The Morgan fingerprint density at radius 3 is 2.02 bits per heavy atom. The first-order valence-electron chi connectivity index (χ1n) is 15.5. The van der Waals surface area contributed by atoms with Crippen LogP contribution in [0, 0.1) is 0 Å². The molecule has 2 amide bonds. The number of nitrogen functional groups attached to an aromatic ring is 1. The number of hydrogen-bond donors (Lipinski definition) is 3. The zero-order valence-corrected chi connectivity index (χ0v) is 28.0. The Morgan fingerprint density at radius 1 is 0.940 bits per heavy atom. The van der Waals surface area contributed by atoms with E-state index in [1.165, 1.54) is 16.7 Å². The molecule has 2 aromatic heterocycles. The zero-order valence-electron chi connectivity index (χ0n) is 26.3. The fourth-order valence-corrected chi connectivity index (χ4v) is 7.85. The number of pyridine rings is 1. The maximum Gasteiger partial charge on any atom is 0.352 e. The van der Waals surface area contributed by atoms with Crippen LogP contribution in [0.1, 0.15) is 22.5 Å². The number of carboxylic acid groups (broad SMARTS) is 1. The highest BCUT2D eigenvalue weighted by Gasteiger charge is 2.55. The molecule has 0 spiro atoms. The molecule has 4 heterocycles. The number of rotatable bonds is 11. The molecule has 50 heavy (non-hydrogen) atoms. The van der Waals surface area contributed by atoms with E-state index in [9.17, 15) is 19.5 Å². The Hall–Kier alpha value is -5.86. The van der Waals surface area contributed by atoms with Gasteiger partial charge < -0.3 is 21.0 Å². The second-order valence-corrected chi connectivity index (χ2v) is 13.3. The number of β-lactam (4-membered cyclic amide) rings is 1. The average molecular weight is 705 g/mol. The number of aromatic nitrogens is 3. The van der Waals surface area contributed by atoms with Gasteiger partial charge in [-0.15, -0.1) is 11.8 Å². The molecule has 1 fully saturated rings. The summed E-state index contributed by atoms with van der Waals surface area (Å²) in [6.07, 6.45) is 3.66. The fourth-order valence-electron chi connectivity index (χ4n) is 6.08. The van der Waals surface area contributed by atoms with Crippen molar-refractivity contribution in [2.24, 2.45) is 5.16 Å². The number of carboxylic acids is 1. The number of oxime groups is 1. The van der Waals surface area contributed by atoms with Crippen molar-refractivity contribution in [2.45, 2.75) is 23.6 Å². The first-order chi connectivity index (χ1) is 24.4. The third-order valence-electron chi connectivity index (χ3n) is 8.37. The zero-order chi connectivity index (χ0) is 34.7. The van der Waals surface area contributed by atoms with Gasteiger partial charge in [0.05, 0.1) is 0 Å². The van der Waals surface area contributed by atoms with E-state index in [-0.39, 0.29) is 22.4 Å². The van der Waals surface area contributed by atoms with E-state index in [4.69, 9.17) is 10.6 Å². The van der Waals surface area contributed by atoms with Crippen molar-refractivity contribution in [2.75, 3.05) is 11.5 Å². The fraction of sp³-hybridized carbons (Fsp3) is 0.139. The second-order valence-electron chi connectivity index (χ2n) is 11.4. The van der Waals surface area contributed by atoms with Crippen LogP contribution in [-0.2, 0) is 31.4 Å². The largest absolute Gasteiger partial charge is 0.477 e. The van der Waals surface area contributed by atoms with E-state index in [0.717, 1.165) is 28.2 Å². The topological polar surface area (TPSA) is 164 Å². The molecule has 12 nitrogen and oxygen atoms in total. The first kappa shape index (κ1) is 32.7. The quantitative estimate of drug-likeness (QED) is 0.0614. The molecule has 0 radical (unpaired) electrons. The maximum atomic E-state index is 14.1. The van der Waals surface area contributed by atoms with Crippen LogP contribution in [0.25, 0.3) is 0 Å². The van der Waals surface area contributed by atoms with Gasteiger partial charge in [0, 0.05) is 51.7 Å². The van der Waals surface area contributed by atoms with Gasteiger partial charge in [0.2, 0.25) is 17.1 Å². The number of benzene rings is 3. The third-order valence-corrected chi connectivity index (χ3v) is 10.3. The highest BCUT2D eigenvalue weighted by Crippen LogP contribution is 2.42. The van der Waals surface area contributed by atoms with Crippen molar-refractivity contribution in [3.8, 4) is 0 Å². The molecule has 0 bridgehead atoms. The molecule has 2 aliphatic rings. The predicted octanol–water partition coefficient (Wildman–Crippen LogP) is 3.56. The summed E-state index contributed by atoms with van der Waals surface area (Å²) in [5, 5.41) is 16.8. The number of hydrogen-bond acceptors (Lipinski definition) is 10. The molecular formula is C36H30N7O5S2+. The van der Waals surface area contributed by atoms with Gasteiger partial charge in [-0.1, -0.05) is 102 Å². The molecule has 0 saturated carbocycles. The van der Waals surface area contributed by atoms with E-state index < -0.39 is 34.8 Å². The van der Waals surface area contributed by atoms with Gasteiger partial charge in [-0.05, 0) is 0 Å². The first-order valence-corrected chi connectivity index (χ1v) is 17.4. The van der Waals surface area contributed by atoms with E-state index in [1.54, 1.807) is 0 Å². The molecule has 1 saturated heterocycles. The standard InChI is InChI=1S/C36H29N7O5S2/c37-35-39-30(41-50-35)27(40-48-36(24-13-5-1-6-14-24,25-15-7-2-8-16-25)26-17-9-3-10-18-26)31(44)38-28-32(45)43-29(34(46)47)23(22-49-33(28)43)21-42-19-11-4-12-20-42/h1-20,28,33H,21-22H2,(H3-,37,38,39,41,44,46,47)/p+1/t28?,33-/m0/s1. The Balaban J connectivity index is 1.23. The van der Waals surface area contributed by atoms with Gasteiger partial charge in [0.1, 0.15) is 17.1 Å². The lowest BCUT2D eigenvalue weighted by Crippen LogP contribution is -2.71. The highest BCUT2D eigenvalue weighted by molar-refractivity contribution is 8.00. The Morgan fingerprint density at radius 2 is 1.50 bits per heavy atom. The number of nitrogens with zero attached hydrogens (tertiary/aromatic N) is 5. The predicted molar refractivity (Wildman–Crippen MR) is 187 cm³/mol. The van der Waals surface area contributed by atoms with Crippen molar-refractivity contribution in [1.82, 2.24) is 19.6 Å². The SMILES string of the molecule is Nc1nc(C(=NOC(c2ccccc2)(c2ccccc2)c2ccccc2)C(=O)NC2C(=O)N3C(C(=O)O)=C(C[n+]4ccccc4)CS[C@@H]23)ns1. The van der Waals surface area contributed by atoms with Crippen LogP contribution >= 0.6 is 23.3 Å². The lowest BCUT2D eigenvalue weighted by molar-refractivity contribution is -0.689. The smallest absolute Gasteiger partial charge is 0.352 e. The molecule has 4 N–H and O–H groups in total. The second kappa shape index (κ2) is 13.9. The Bertz CT molecular complexity index is 2000. The lowest BCUT2D eigenvalue weighted by atomic mass is 9.80. The van der Waals surface area contributed by atoms with Gasteiger partial charge in [0.15, 0.2) is 24.1 Å².